The maximum Gasteiger partial charge on any atom is 0.364 e. The van der Waals surface area contributed by atoms with Crippen molar-refractivity contribution in [1.82, 2.24) is 5.32 Å². The van der Waals surface area contributed by atoms with Gasteiger partial charge < -0.3 is 36.0 Å². The molecule has 0 aliphatic carbocycles. The van der Waals surface area contributed by atoms with Crippen molar-refractivity contribution in [2.75, 3.05) is 6.61 Å². The second-order valence-electron chi connectivity index (χ2n) is 5.03. The van der Waals surface area contributed by atoms with Crippen molar-refractivity contribution in [1.29, 1.82) is 0 Å². The summed E-state index contributed by atoms with van der Waals surface area (Å²) in [5.41, 5.74) is 0. The SMILES string of the molecule is CC(=O)N[C@@H]1[C@@H](O)C[C@@](O)(C(=O)O)O[C@@]1(F)[C@H](O)[C@H](O)CO. The lowest BCUT2D eigenvalue weighted by molar-refractivity contribution is -0.373. The number of alkyl halides is 1. The molecule has 128 valence electrons. The van der Waals surface area contributed by atoms with E-state index in [-0.39, 0.29) is 0 Å². The van der Waals surface area contributed by atoms with Gasteiger partial charge in [-0.15, -0.1) is 0 Å². The van der Waals surface area contributed by atoms with Gasteiger partial charge in [-0.05, 0) is 0 Å². The Morgan fingerprint density at radius 3 is 2.41 bits per heavy atom. The van der Waals surface area contributed by atoms with Crippen LogP contribution >= 0.6 is 0 Å². The normalized spacial score (nSPS) is 38.1. The van der Waals surface area contributed by atoms with Crippen LogP contribution in [0.4, 0.5) is 4.39 Å². The fourth-order valence-electron chi connectivity index (χ4n) is 2.18. The number of carboxylic acids is 1. The number of carboxylic acid groups (broad SMARTS) is 1. The Hall–Kier alpha value is -1.37. The topological polar surface area (TPSA) is 177 Å². The van der Waals surface area contributed by atoms with E-state index in [1.807, 2.05) is 5.32 Å². The van der Waals surface area contributed by atoms with Crippen LogP contribution in [0.2, 0.25) is 0 Å². The van der Waals surface area contributed by atoms with Crippen LogP contribution < -0.4 is 5.32 Å². The Bertz CT molecular complexity index is 449. The molecule has 0 radical (unpaired) electrons. The van der Waals surface area contributed by atoms with Crippen LogP contribution in [0.1, 0.15) is 13.3 Å². The number of aliphatic hydroxyl groups excluding tert-OH is 4. The van der Waals surface area contributed by atoms with Gasteiger partial charge in [0, 0.05) is 13.3 Å². The standard InChI is InChI=1S/C11H18FNO9/c1-4(15)13-7-5(16)2-10(21,9(19)20)22-11(7,12)8(18)6(17)3-14/h5-8,14,16-18,21H,2-3H2,1H3,(H,13,15)(H,19,20)/t5-,6+,7+,8+,10-,11+/m0/s1. The first-order valence-electron chi connectivity index (χ1n) is 6.25. The lowest BCUT2D eigenvalue weighted by Crippen LogP contribution is -2.72. The van der Waals surface area contributed by atoms with Gasteiger partial charge in [0.05, 0.1) is 12.7 Å². The molecule has 7 N–H and O–H groups in total. The molecule has 6 atom stereocenters. The van der Waals surface area contributed by atoms with Gasteiger partial charge in [0.1, 0.15) is 18.2 Å². The molecular formula is C11H18FNO9. The zero-order valence-electron chi connectivity index (χ0n) is 11.5. The smallest absolute Gasteiger partial charge is 0.364 e. The first-order valence-corrected chi connectivity index (χ1v) is 6.25. The monoisotopic (exact) mass is 327 g/mol. The molecule has 10 nitrogen and oxygen atoms in total. The lowest BCUT2D eigenvalue weighted by atomic mass is 9.86. The number of hydrogen-bond acceptors (Lipinski definition) is 8. The zero-order chi connectivity index (χ0) is 17.3. The van der Waals surface area contributed by atoms with Gasteiger partial charge in [0.25, 0.3) is 11.6 Å². The number of carbonyl (C=O) groups excluding carboxylic acids is 1. The van der Waals surface area contributed by atoms with Crippen molar-refractivity contribution in [2.45, 2.75) is 49.3 Å². The largest absolute Gasteiger partial charge is 0.477 e. The molecule has 1 fully saturated rings. The molecule has 1 amide bonds. The number of carbonyl (C=O) groups is 2. The van der Waals surface area contributed by atoms with Crippen LogP contribution in [-0.4, -0.2) is 85.1 Å². The van der Waals surface area contributed by atoms with Crippen molar-refractivity contribution in [3.63, 3.8) is 0 Å². The summed E-state index contributed by atoms with van der Waals surface area (Å²) >= 11 is 0. The average molecular weight is 327 g/mol. The van der Waals surface area contributed by atoms with E-state index in [2.05, 4.69) is 4.74 Å². The summed E-state index contributed by atoms with van der Waals surface area (Å²) in [7, 11) is 0. The number of aliphatic hydroxyl groups is 5. The molecule has 1 aliphatic heterocycles. The summed E-state index contributed by atoms with van der Waals surface area (Å²) in [5.74, 6) is -9.65. The van der Waals surface area contributed by atoms with Crippen LogP contribution in [0.15, 0.2) is 0 Å². The number of halogens is 1. The van der Waals surface area contributed by atoms with Crippen molar-refractivity contribution in [3.05, 3.63) is 0 Å². The van der Waals surface area contributed by atoms with Gasteiger partial charge in [0.2, 0.25) is 5.91 Å². The third-order valence-electron chi connectivity index (χ3n) is 3.27. The minimum Gasteiger partial charge on any atom is -0.477 e. The highest BCUT2D eigenvalue weighted by molar-refractivity contribution is 5.76. The molecule has 0 aromatic rings. The molecule has 0 bridgehead atoms. The van der Waals surface area contributed by atoms with E-state index in [4.69, 9.17) is 10.2 Å². The molecule has 1 aliphatic rings. The molecule has 22 heavy (non-hydrogen) atoms. The summed E-state index contributed by atoms with van der Waals surface area (Å²) < 4.78 is 19.4. The molecular weight excluding hydrogens is 309 g/mol. The minimum atomic E-state index is -3.57. The Labute approximate surface area is 123 Å². The van der Waals surface area contributed by atoms with Crippen molar-refractivity contribution >= 4 is 11.9 Å². The van der Waals surface area contributed by atoms with E-state index < -0.39 is 60.9 Å². The van der Waals surface area contributed by atoms with Gasteiger partial charge in [-0.1, -0.05) is 0 Å². The van der Waals surface area contributed by atoms with E-state index in [0.717, 1.165) is 6.92 Å². The highest BCUT2D eigenvalue weighted by atomic mass is 19.2. The molecule has 0 spiro atoms. The number of amides is 1. The lowest BCUT2D eigenvalue weighted by Gasteiger charge is -2.48. The fraction of sp³-hybridized carbons (Fsp3) is 0.818. The second kappa shape index (κ2) is 6.40. The molecule has 1 heterocycles. The Balaban J connectivity index is 3.27. The predicted molar refractivity (Wildman–Crippen MR) is 64.8 cm³/mol. The van der Waals surface area contributed by atoms with Crippen molar-refractivity contribution in [2.24, 2.45) is 0 Å². The summed E-state index contributed by atoms with van der Waals surface area (Å²) in [6.45, 7) is -0.162. The molecule has 1 saturated heterocycles. The Morgan fingerprint density at radius 2 is 2.00 bits per heavy atom. The third-order valence-corrected chi connectivity index (χ3v) is 3.27. The van der Waals surface area contributed by atoms with Gasteiger partial charge >= 0.3 is 5.97 Å². The maximum absolute atomic E-state index is 15.0. The van der Waals surface area contributed by atoms with Crippen LogP contribution in [-0.2, 0) is 14.3 Å². The summed E-state index contributed by atoms with van der Waals surface area (Å²) in [4.78, 5) is 22.1. The third kappa shape index (κ3) is 3.34. The van der Waals surface area contributed by atoms with Crippen molar-refractivity contribution < 1.29 is 49.4 Å². The minimum absolute atomic E-state index is 0.846. The van der Waals surface area contributed by atoms with Crippen LogP contribution in [0.25, 0.3) is 0 Å². The Kier molecular flexibility index (Phi) is 5.43. The van der Waals surface area contributed by atoms with Crippen LogP contribution in [0.3, 0.4) is 0 Å². The van der Waals surface area contributed by atoms with E-state index in [1.165, 1.54) is 0 Å². The second-order valence-corrected chi connectivity index (χ2v) is 5.03. The quantitative estimate of drug-likeness (QED) is 0.269. The molecule has 0 unspecified atom stereocenters. The number of nitrogens with one attached hydrogen (secondary N) is 1. The highest BCUT2D eigenvalue weighted by Crippen LogP contribution is 2.39. The summed E-state index contributed by atoms with van der Waals surface area (Å²) in [5, 5.41) is 58.2. The van der Waals surface area contributed by atoms with Crippen LogP contribution in [0, 0.1) is 0 Å². The predicted octanol–water partition coefficient (Wildman–Crippen LogP) is -3.57. The molecule has 11 heteroatoms. The molecule has 0 saturated carbocycles. The van der Waals surface area contributed by atoms with E-state index in [1.54, 1.807) is 0 Å². The van der Waals surface area contributed by atoms with Crippen molar-refractivity contribution in [3.8, 4) is 0 Å². The van der Waals surface area contributed by atoms with Gasteiger partial charge in [-0.2, -0.15) is 0 Å². The fourth-order valence-corrected chi connectivity index (χ4v) is 2.18. The van der Waals surface area contributed by atoms with Gasteiger partial charge in [-0.3, -0.25) is 9.53 Å². The number of rotatable bonds is 5. The zero-order valence-corrected chi connectivity index (χ0v) is 11.5. The number of ether oxygens (including phenoxy) is 1. The first kappa shape index (κ1) is 18.7. The van der Waals surface area contributed by atoms with E-state index in [9.17, 15) is 34.4 Å². The van der Waals surface area contributed by atoms with Gasteiger partial charge in [0.15, 0.2) is 0 Å². The van der Waals surface area contributed by atoms with E-state index in [0.29, 0.717) is 0 Å². The van der Waals surface area contributed by atoms with Crippen LogP contribution in [0.5, 0.6) is 0 Å². The summed E-state index contributed by atoms with van der Waals surface area (Å²) in [6, 6.07) is -1.99. The highest BCUT2D eigenvalue weighted by Gasteiger charge is 2.63. The van der Waals surface area contributed by atoms with E-state index >= 15 is 0 Å². The average Bonchev–Trinajstić information content (AvgIpc) is 2.40. The summed E-state index contributed by atoms with van der Waals surface area (Å²) in [6.07, 6.45) is -7.63. The molecule has 1 rings (SSSR count). The molecule has 0 aromatic heterocycles. The Morgan fingerprint density at radius 1 is 1.45 bits per heavy atom. The van der Waals surface area contributed by atoms with Gasteiger partial charge in [-0.25, -0.2) is 9.18 Å². The maximum atomic E-state index is 15.0. The number of aliphatic carboxylic acids is 1. The number of hydrogen-bond donors (Lipinski definition) is 7. The molecule has 0 aromatic carbocycles. The first-order chi connectivity index (χ1) is 9.97.